The van der Waals surface area contributed by atoms with Crippen LogP contribution in [0.4, 0.5) is 0 Å². The van der Waals surface area contributed by atoms with Crippen molar-refractivity contribution in [3.05, 3.63) is 46.2 Å². The van der Waals surface area contributed by atoms with Gasteiger partial charge in [0, 0.05) is 28.9 Å². The second-order valence-corrected chi connectivity index (χ2v) is 10.6. The minimum Gasteiger partial charge on any atom is -0.508 e. The number of aromatic hydroxyl groups is 1. The van der Waals surface area contributed by atoms with Crippen LogP contribution in [0.25, 0.3) is 5.76 Å². The van der Waals surface area contributed by atoms with Gasteiger partial charge in [-0.15, -0.1) is 0 Å². The van der Waals surface area contributed by atoms with Crippen LogP contribution in [0.15, 0.2) is 35.1 Å². The highest BCUT2D eigenvalue weighted by atomic mass is 32.2. The Hall–Kier alpha value is -2.90. The number of nitrogens with zero attached hydrogens (tertiary/aromatic N) is 1. The van der Waals surface area contributed by atoms with E-state index >= 15 is 0 Å². The summed E-state index contributed by atoms with van der Waals surface area (Å²) in [4.78, 5) is 40.5. The third kappa shape index (κ3) is 3.47. The maximum absolute atomic E-state index is 13.9. The van der Waals surface area contributed by atoms with Crippen molar-refractivity contribution in [3.8, 4) is 5.75 Å². The number of amides is 1. The quantitative estimate of drug-likeness (QED) is 0.183. The van der Waals surface area contributed by atoms with Gasteiger partial charge in [0.25, 0.3) is 5.91 Å². The Morgan fingerprint density at radius 2 is 1.86 bits per heavy atom. The first-order valence-electron chi connectivity index (χ1n) is 11.2. The van der Waals surface area contributed by atoms with Crippen molar-refractivity contribution in [3.63, 3.8) is 0 Å². The molecule has 0 aromatic heterocycles. The Morgan fingerprint density at radius 3 is 2.44 bits per heavy atom. The molecule has 1 aromatic carbocycles. The summed E-state index contributed by atoms with van der Waals surface area (Å²) in [6.45, 7) is -0.126. The van der Waals surface area contributed by atoms with E-state index in [1.165, 1.54) is 36.8 Å². The average Bonchev–Trinajstić information content (AvgIpc) is 2.80. The highest BCUT2D eigenvalue weighted by Gasteiger charge is 2.68. The average molecular weight is 521 g/mol. The van der Waals surface area contributed by atoms with Crippen LogP contribution in [0.3, 0.4) is 0 Å². The Kier molecular flexibility index (Phi) is 6.69. The summed E-state index contributed by atoms with van der Waals surface area (Å²) < 4.78 is 0. The fraction of sp³-hybridized carbons (Fsp3) is 0.458. The van der Waals surface area contributed by atoms with Gasteiger partial charge >= 0.3 is 0 Å². The lowest BCUT2D eigenvalue weighted by atomic mass is 9.54. The Bertz CT molecular complexity index is 1210. The van der Waals surface area contributed by atoms with Gasteiger partial charge in [0.1, 0.15) is 22.8 Å². The summed E-state index contributed by atoms with van der Waals surface area (Å²) in [6.07, 6.45) is -1.66. The molecule has 36 heavy (non-hydrogen) atoms. The molecule has 194 valence electrons. The number of aliphatic hydroxyl groups is 5. The molecule has 1 fully saturated rings. The smallest absolute Gasteiger partial charge is 0.255 e. The molecule has 2 unspecified atom stereocenters. The van der Waals surface area contributed by atoms with Gasteiger partial charge in [0.15, 0.2) is 11.4 Å². The van der Waals surface area contributed by atoms with Gasteiger partial charge in [-0.2, -0.15) is 11.8 Å². The van der Waals surface area contributed by atoms with Crippen molar-refractivity contribution in [2.45, 2.75) is 23.7 Å². The molecule has 0 radical (unpaired) electrons. The van der Waals surface area contributed by atoms with E-state index in [2.05, 4.69) is 0 Å². The summed E-state index contributed by atoms with van der Waals surface area (Å²) in [7, 11) is 2.90. The van der Waals surface area contributed by atoms with E-state index in [1.54, 1.807) is 12.1 Å². The van der Waals surface area contributed by atoms with E-state index < -0.39 is 75.6 Å². The molecule has 3 aliphatic rings. The number of hydrogen-bond acceptors (Lipinski definition) is 11. The largest absolute Gasteiger partial charge is 0.508 e. The molecule has 11 nitrogen and oxygen atoms in total. The van der Waals surface area contributed by atoms with Gasteiger partial charge < -0.3 is 36.4 Å². The van der Waals surface area contributed by atoms with Gasteiger partial charge in [-0.3, -0.25) is 19.3 Å². The first kappa shape index (κ1) is 26.2. The van der Waals surface area contributed by atoms with Crippen molar-refractivity contribution in [1.29, 1.82) is 0 Å². The molecule has 8 N–H and O–H groups in total. The number of carbonyl (C=O) groups is 3. The number of fused-ring (bicyclic) bond motifs is 3. The molecule has 3 aliphatic carbocycles. The van der Waals surface area contributed by atoms with Crippen molar-refractivity contribution in [2.24, 2.45) is 17.6 Å². The number of carbonyl (C=O) groups excluding carboxylic acids is 3. The number of ketones is 2. The number of phenols is 1. The van der Waals surface area contributed by atoms with Crippen LogP contribution in [0.1, 0.15) is 17.0 Å². The van der Waals surface area contributed by atoms with Crippen LogP contribution in [0.2, 0.25) is 0 Å². The second-order valence-electron chi connectivity index (χ2n) is 9.41. The zero-order valence-electron chi connectivity index (χ0n) is 19.6. The molecule has 1 saturated carbocycles. The highest BCUT2D eigenvalue weighted by Crippen LogP contribution is 2.56. The van der Waals surface area contributed by atoms with Crippen LogP contribution in [0, 0.1) is 11.8 Å². The minimum atomic E-state index is -2.95. The van der Waals surface area contributed by atoms with Crippen molar-refractivity contribution < 1.29 is 45.0 Å². The van der Waals surface area contributed by atoms with Gasteiger partial charge in [0.05, 0.1) is 30.2 Å². The Labute approximate surface area is 210 Å². The monoisotopic (exact) mass is 520 g/mol. The summed E-state index contributed by atoms with van der Waals surface area (Å²) in [5.41, 5.74) is 1.34. The van der Waals surface area contributed by atoms with Gasteiger partial charge in [-0.05, 0) is 25.7 Å². The van der Waals surface area contributed by atoms with Crippen LogP contribution < -0.4 is 5.73 Å². The van der Waals surface area contributed by atoms with E-state index in [-0.39, 0.29) is 23.7 Å². The van der Waals surface area contributed by atoms with Crippen LogP contribution >= 0.6 is 11.8 Å². The van der Waals surface area contributed by atoms with Gasteiger partial charge in [-0.25, -0.2) is 0 Å². The number of thioether (sulfide) groups is 1. The number of Topliss-reactive ketones (excluding diaryl/α,β-unsaturated/α-hetero) is 2. The summed E-state index contributed by atoms with van der Waals surface area (Å²) in [6, 6.07) is 3.07. The fourth-order valence-electron chi connectivity index (χ4n) is 5.87. The van der Waals surface area contributed by atoms with Crippen molar-refractivity contribution in [2.75, 3.05) is 32.2 Å². The summed E-state index contributed by atoms with van der Waals surface area (Å²) in [5, 5.41) is 65.2. The number of phenolic OH excluding ortho intramolecular Hbond substituents is 1. The highest BCUT2D eigenvalue weighted by molar-refractivity contribution is 7.99. The number of nitrogens with two attached hydrogens (primary N) is 1. The van der Waals surface area contributed by atoms with E-state index in [0.717, 1.165) is 0 Å². The number of aliphatic hydroxyl groups excluding tert-OH is 4. The molecule has 1 aromatic rings. The van der Waals surface area contributed by atoms with Crippen molar-refractivity contribution >= 4 is 35.0 Å². The molecule has 1 amide bonds. The number of benzene rings is 1. The van der Waals surface area contributed by atoms with E-state index in [0.29, 0.717) is 11.3 Å². The molecular weight excluding hydrogens is 492 g/mol. The molecule has 0 bridgehead atoms. The maximum Gasteiger partial charge on any atom is 0.255 e. The standard InChI is InChI=1S/C24H28N2O9S/c1-26(2)17-16-19(30)13-10(8-36-7-6-27)9-4-3-5-11(28)12(9)18(29)14(13)21(32)24(16,35)22(33)15(20(17)31)23(25)34/h3-5,10,13,16-17,19,27-30,33,35H,6-8H2,1-2H3,(H2,25,34)/t10-,13?,16?,17-,19-,24-/m0/s1. The zero-order chi connectivity index (χ0) is 26.7. The molecule has 12 heteroatoms. The number of likely N-dealkylation sites (N-methyl/N-ethyl adjacent to an activating group) is 1. The number of hydrogen-bond donors (Lipinski definition) is 7. The first-order chi connectivity index (χ1) is 16.9. The Balaban J connectivity index is 2.02. The van der Waals surface area contributed by atoms with Crippen molar-refractivity contribution in [1.82, 2.24) is 4.90 Å². The maximum atomic E-state index is 13.9. The normalized spacial score (nSPS) is 31.9. The zero-order valence-corrected chi connectivity index (χ0v) is 20.4. The summed E-state index contributed by atoms with van der Waals surface area (Å²) in [5.74, 6) is -8.66. The number of rotatable bonds is 6. The third-order valence-electron chi connectivity index (χ3n) is 7.33. The molecule has 0 saturated heterocycles. The molecule has 4 rings (SSSR count). The van der Waals surface area contributed by atoms with Crippen LogP contribution in [0.5, 0.6) is 5.75 Å². The van der Waals surface area contributed by atoms with E-state index in [9.17, 15) is 45.0 Å². The molecule has 0 spiro atoms. The van der Waals surface area contributed by atoms with E-state index in [4.69, 9.17) is 5.73 Å². The molecular formula is C24H28N2O9S. The lowest BCUT2D eigenvalue weighted by molar-refractivity contribution is -0.169. The van der Waals surface area contributed by atoms with E-state index in [1.807, 2.05) is 0 Å². The van der Waals surface area contributed by atoms with Gasteiger partial charge in [0.2, 0.25) is 5.78 Å². The summed E-state index contributed by atoms with van der Waals surface area (Å²) >= 11 is 1.31. The fourth-order valence-corrected chi connectivity index (χ4v) is 6.80. The predicted molar refractivity (Wildman–Crippen MR) is 129 cm³/mol. The lowest BCUT2D eigenvalue weighted by Gasteiger charge is -2.54. The van der Waals surface area contributed by atoms with Crippen LogP contribution in [-0.4, -0.2) is 103 Å². The predicted octanol–water partition coefficient (Wildman–Crippen LogP) is -0.799. The SMILES string of the molecule is CN(C)[C@@H]1C(=O)C(C(N)=O)=C(O)[C@@]2(O)C(=O)C3=C(O)c4c(O)cccc4[C@H](CSCCO)C3[C@H](O)C12. The minimum absolute atomic E-state index is 0.0596. The lowest BCUT2D eigenvalue weighted by Crippen LogP contribution is -2.70. The second kappa shape index (κ2) is 9.20. The third-order valence-corrected chi connectivity index (χ3v) is 8.40. The molecule has 0 heterocycles. The molecule has 0 aliphatic heterocycles. The van der Waals surface area contributed by atoms with Crippen LogP contribution in [-0.2, 0) is 14.4 Å². The molecule has 6 atom stereocenters. The van der Waals surface area contributed by atoms with Gasteiger partial charge in [-0.1, -0.05) is 12.1 Å². The topological polar surface area (TPSA) is 202 Å². The first-order valence-corrected chi connectivity index (χ1v) is 12.4. The Morgan fingerprint density at radius 1 is 1.19 bits per heavy atom. The number of primary amides is 1.